The van der Waals surface area contributed by atoms with E-state index in [0.717, 1.165) is 16.7 Å². The molecular weight excluding hydrogens is 354 g/mol. The Bertz CT molecular complexity index is 1040. The number of aromatic nitrogens is 2. The fraction of sp³-hybridized carbons (Fsp3) is 0.238. The van der Waals surface area contributed by atoms with E-state index in [4.69, 9.17) is 15.5 Å². The lowest BCUT2D eigenvalue weighted by Gasteiger charge is -2.12. The van der Waals surface area contributed by atoms with Crippen LogP contribution in [0.1, 0.15) is 37.7 Å². The zero-order valence-electron chi connectivity index (χ0n) is 16.0. The average molecular weight is 375 g/mol. The number of anilines is 2. The molecule has 0 aliphatic heterocycles. The second-order valence-electron chi connectivity index (χ2n) is 7.52. The second-order valence-corrected chi connectivity index (χ2v) is 7.52. The van der Waals surface area contributed by atoms with Crippen molar-refractivity contribution in [2.75, 3.05) is 11.1 Å². The third kappa shape index (κ3) is 4.35. The summed E-state index contributed by atoms with van der Waals surface area (Å²) >= 11 is 0. The summed E-state index contributed by atoms with van der Waals surface area (Å²) in [7, 11) is 0. The number of hydrogen-bond donors (Lipinski definition) is 2. The molecule has 3 N–H and O–H groups in total. The SMILES string of the molecule is CC(C)(C)c1cc(NC(=O)Cc2ccc(-c3cnc(N)c(C#N)c3)cc2)no1. The molecule has 142 valence electrons. The van der Waals surface area contributed by atoms with E-state index in [1.54, 1.807) is 18.3 Å². The topological polar surface area (TPSA) is 118 Å². The molecule has 7 nitrogen and oxygen atoms in total. The Hall–Kier alpha value is -3.66. The van der Waals surface area contributed by atoms with Crippen molar-refractivity contribution >= 4 is 17.5 Å². The van der Waals surface area contributed by atoms with Gasteiger partial charge < -0.3 is 15.6 Å². The Morgan fingerprint density at radius 3 is 2.54 bits per heavy atom. The lowest BCUT2D eigenvalue weighted by atomic mass is 9.93. The number of carbonyl (C=O) groups is 1. The molecule has 0 bridgehead atoms. The van der Waals surface area contributed by atoms with Crippen LogP contribution < -0.4 is 11.1 Å². The van der Waals surface area contributed by atoms with Crippen LogP contribution >= 0.6 is 0 Å². The Kier molecular flexibility index (Phi) is 5.14. The van der Waals surface area contributed by atoms with Gasteiger partial charge in [0, 0.05) is 23.2 Å². The van der Waals surface area contributed by atoms with Gasteiger partial charge in [0.15, 0.2) is 5.82 Å². The quantitative estimate of drug-likeness (QED) is 0.718. The highest BCUT2D eigenvalue weighted by Crippen LogP contribution is 2.25. The van der Waals surface area contributed by atoms with Gasteiger partial charge in [-0.05, 0) is 17.2 Å². The van der Waals surface area contributed by atoms with Gasteiger partial charge in [-0.25, -0.2) is 4.98 Å². The highest BCUT2D eigenvalue weighted by atomic mass is 16.5. The first-order valence-corrected chi connectivity index (χ1v) is 8.78. The number of benzene rings is 1. The van der Waals surface area contributed by atoms with E-state index in [9.17, 15) is 4.79 Å². The summed E-state index contributed by atoms with van der Waals surface area (Å²) in [6.45, 7) is 6.03. The number of nitrogens with one attached hydrogen (secondary N) is 1. The minimum absolute atomic E-state index is 0.172. The average Bonchev–Trinajstić information content (AvgIpc) is 3.11. The van der Waals surface area contributed by atoms with Crippen molar-refractivity contribution in [2.24, 2.45) is 0 Å². The molecule has 3 rings (SSSR count). The maximum atomic E-state index is 12.3. The van der Waals surface area contributed by atoms with Crippen LogP contribution in [0.5, 0.6) is 0 Å². The third-order valence-electron chi connectivity index (χ3n) is 4.21. The van der Waals surface area contributed by atoms with Gasteiger partial charge in [-0.2, -0.15) is 5.26 Å². The zero-order valence-corrected chi connectivity index (χ0v) is 16.0. The van der Waals surface area contributed by atoms with Crippen molar-refractivity contribution in [3.8, 4) is 17.2 Å². The minimum Gasteiger partial charge on any atom is -0.383 e. The summed E-state index contributed by atoms with van der Waals surface area (Å²) in [5.41, 5.74) is 8.35. The highest BCUT2D eigenvalue weighted by Gasteiger charge is 2.20. The molecule has 0 spiro atoms. The monoisotopic (exact) mass is 375 g/mol. The normalized spacial score (nSPS) is 11.1. The van der Waals surface area contributed by atoms with Crippen LogP contribution in [0.4, 0.5) is 11.6 Å². The van der Waals surface area contributed by atoms with E-state index >= 15 is 0 Å². The molecule has 3 aromatic rings. The summed E-state index contributed by atoms with van der Waals surface area (Å²) in [5, 5.41) is 15.7. The molecule has 1 aromatic carbocycles. The summed E-state index contributed by atoms with van der Waals surface area (Å²) < 4.78 is 5.27. The standard InChI is InChI=1S/C21H21N5O2/c1-21(2,3)17-10-18(26-28-17)25-19(27)8-13-4-6-14(7-5-13)16-9-15(11-22)20(23)24-12-16/h4-7,9-10,12H,8H2,1-3H3,(H2,23,24)(H,25,26,27). The van der Waals surface area contributed by atoms with Gasteiger partial charge in [-0.15, -0.1) is 0 Å². The molecule has 7 heteroatoms. The Morgan fingerprint density at radius 1 is 1.21 bits per heavy atom. The fourth-order valence-corrected chi connectivity index (χ4v) is 2.60. The molecule has 0 saturated heterocycles. The van der Waals surface area contributed by atoms with E-state index in [1.165, 1.54) is 0 Å². The van der Waals surface area contributed by atoms with Gasteiger partial charge in [0.05, 0.1) is 12.0 Å². The smallest absolute Gasteiger partial charge is 0.230 e. The molecule has 0 aliphatic rings. The van der Waals surface area contributed by atoms with Crippen molar-refractivity contribution in [3.63, 3.8) is 0 Å². The third-order valence-corrected chi connectivity index (χ3v) is 4.21. The summed E-state index contributed by atoms with van der Waals surface area (Å²) in [5.74, 6) is 1.15. The summed E-state index contributed by atoms with van der Waals surface area (Å²) in [6.07, 6.45) is 1.83. The number of carbonyl (C=O) groups excluding carboxylic acids is 1. The largest absolute Gasteiger partial charge is 0.383 e. The molecule has 0 radical (unpaired) electrons. The first-order chi connectivity index (χ1) is 13.3. The molecule has 2 heterocycles. The van der Waals surface area contributed by atoms with Crippen LogP contribution in [-0.2, 0) is 16.6 Å². The highest BCUT2D eigenvalue weighted by molar-refractivity contribution is 5.91. The minimum atomic E-state index is -0.178. The number of amides is 1. The molecule has 0 unspecified atom stereocenters. The van der Waals surface area contributed by atoms with E-state index in [2.05, 4.69) is 15.5 Å². The predicted octanol–water partition coefficient (Wildman–Crippen LogP) is 3.67. The predicted molar refractivity (Wildman–Crippen MR) is 106 cm³/mol. The van der Waals surface area contributed by atoms with Crippen LogP contribution in [0.2, 0.25) is 0 Å². The molecular formula is C21H21N5O2. The van der Waals surface area contributed by atoms with Crippen LogP contribution in [-0.4, -0.2) is 16.0 Å². The molecule has 0 aliphatic carbocycles. The van der Waals surface area contributed by atoms with Gasteiger partial charge >= 0.3 is 0 Å². The number of nitrogens with zero attached hydrogens (tertiary/aromatic N) is 3. The number of nitriles is 1. The lowest BCUT2D eigenvalue weighted by Crippen LogP contribution is -2.14. The van der Waals surface area contributed by atoms with Gasteiger partial charge in [0.2, 0.25) is 5.91 Å². The van der Waals surface area contributed by atoms with Gasteiger partial charge in [0.25, 0.3) is 0 Å². The van der Waals surface area contributed by atoms with Crippen LogP contribution in [0, 0.1) is 11.3 Å². The van der Waals surface area contributed by atoms with E-state index in [0.29, 0.717) is 17.1 Å². The summed E-state index contributed by atoms with van der Waals surface area (Å²) in [4.78, 5) is 16.3. The molecule has 0 fully saturated rings. The number of rotatable bonds is 4. The zero-order chi connectivity index (χ0) is 20.3. The lowest BCUT2D eigenvalue weighted by molar-refractivity contribution is -0.115. The fourth-order valence-electron chi connectivity index (χ4n) is 2.60. The van der Waals surface area contributed by atoms with E-state index < -0.39 is 0 Å². The molecule has 2 aromatic heterocycles. The van der Waals surface area contributed by atoms with E-state index in [1.807, 2.05) is 51.1 Å². The Labute approximate surface area is 163 Å². The second kappa shape index (κ2) is 7.53. The summed E-state index contributed by atoms with van der Waals surface area (Å²) in [6, 6.07) is 12.9. The molecule has 0 atom stereocenters. The number of pyridine rings is 1. The number of hydrogen-bond acceptors (Lipinski definition) is 6. The Morgan fingerprint density at radius 2 is 1.93 bits per heavy atom. The van der Waals surface area contributed by atoms with Crippen LogP contribution in [0.3, 0.4) is 0 Å². The van der Waals surface area contributed by atoms with Crippen molar-refractivity contribution in [1.29, 1.82) is 5.26 Å². The first-order valence-electron chi connectivity index (χ1n) is 8.78. The van der Waals surface area contributed by atoms with Gasteiger partial charge in [0.1, 0.15) is 17.6 Å². The number of nitrogens with two attached hydrogens (primary N) is 1. The number of nitrogen functional groups attached to an aromatic ring is 1. The molecule has 0 saturated carbocycles. The van der Waals surface area contributed by atoms with Crippen molar-refractivity contribution in [1.82, 2.24) is 10.1 Å². The van der Waals surface area contributed by atoms with Crippen molar-refractivity contribution < 1.29 is 9.32 Å². The van der Waals surface area contributed by atoms with Crippen LogP contribution in [0.25, 0.3) is 11.1 Å². The maximum absolute atomic E-state index is 12.3. The van der Waals surface area contributed by atoms with Gasteiger partial charge in [-0.3, -0.25) is 4.79 Å². The molecule has 1 amide bonds. The van der Waals surface area contributed by atoms with Gasteiger partial charge in [-0.1, -0.05) is 50.2 Å². The van der Waals surface area contributed by atoms with Crippen LogP contribution in [0.15, 0.2) is 47.1 Å². The van der Waals surface area contributed by atoms with Crippen molar-refractivity contribution in [2.45, 2.75) is 32.6 Å². The first kappa shape index (κ1) is 19.1. The van der Waals surface area contributed by atoms with Crippen molar-refractivity contribution in [3.05, 3.63) is 59.5 Å². The Balaban J connectivity index is 1.66. The maximum Gasteiger partial charge on any atom is 0.230 e. The molecule has 28 heavy (non-hydrogen) atoms. The van der Waals surface area contributed by atoms with E-state index in [-0.39, 0.29) is 23.6 Å².